The Kier molecular flexibility index (Phi) is 2.83. The minimum Gasteiger partial charge on any atom is -0.394 e. The summed E-state index contributed by atoms with van der Waals surface area (Å²) in [7, 11) is 0. The molecular weight excluding hydrogens is 188 g/mol. The highest BCUT2D eigenvalue weighted by Gasteiger charge is 2.06. The lowest BCUT2D eigenvalue weighted by Gasteiger charge is -2.08. The van der Waals surface area contributed by atoms with E-state index < -0.39 is 0 Å². The zero-order chi connectivity index (χ0) is 10.7. The molecule has 0 bridgehead atoms. The highest BCUT2D eigenvalue weighted by molar-refractivity contribution is 5.63. The van der Waals surface area contributed by atoms with Crippen LogP contribution in [0.2, 0.25) is 0 Å². The van der Waals surface area contributed by atoms with Crippen LogP contribution < -0.4 is 0 Å². The number of aliphatic hydroxyl groups excluding tert-OH is 1. The SMILES string of the molecule is Cc1ccccc1-c1ccnn1CCO. The molecule has 3 nitrogen and oxygen atoms in total. The van der Waals surface area contributed by atoms with Crippen LogP contribution in [0.4, 0.5) is 0 Å². The van der Waals surface area contributed by atoms with Crippen molar-refractivity contribution in [2.75, 3.05) is 6.61 Å². The number of aliphatic hydroxyl groups is 1. The molecule has 1 aromatic carbocycles. The Labute approximate surface area is 89.0 Å². The first kappa shape index (κ1) is 9.93. The second kappa shape index (κ2) is 4.28. The molecule has 0 spiro atoms. The van der Waals surface area contributed by atoms with Gasteiger partial charge in [-0.15, -0.1) is 0 Å². The second-order valence-electron chi connectivity index (χ2n) is 3.48. The molecule has 1 N–H and O–H groups in total. The summed E-state index contributed by atoms with van der Waals surface area (Å²) in [5, 5.41) is 13.1. The largest absolute Gasteiger partial charge is 0.394 e. The van der Waals surface area contributed by atoms with Crippen molar-refractivity contribution in [2.45, 2.75) is 13.5 Å². The molecule has 0 fully saturated rings. The number of nitrogens with zero attached hydrogens (tertiary/aromatic N) is 2. The molecule has 15 heavy (non-hydrogen) atoms. The highest BCUT2D eigenvalue weighted by atomic mass is 16.3. The molecule has 1 aromatic heterocycles. The summed E-state index contributed by atoms with van der Waals surface area (Å²) in [6.45, 7) is 2.73. The molecule has 1 heterocycles. The van der Waals surface area contributed by atoms with Crippen LogP contribution in [0.3, 0.4) is 0 Å². The van der Waals surface area contributed by atoms with Gasteiger partial charge < -0.3 is 5.11 Å². The summed E-state index contributed by atoms with van der Waals surface area (Å²) in [5.74, 6) is 0. The molecule has 0 aliphatic carbocycles. The van der Waals surface area contributed by atoms with Gasteiger partial charge in [-0.1, -0.05) is 24.3 Å². The number of rotatable bonds is 3. The number of hydrogen-bond acceptors (Lipinski definition) is 2. The van der Waals surface area contributed by atoms with Crippen LogP contribution in [-0.4, -0.2) is 21.5 Å². The van der Waals surface area contributed by atoms with E-state index in [0.29, 0.717) is 6.54 Å². The van der Waals surface area contributed by atoms with E-state index in [0.717, 1.165) is 5.69 Å². The molecule has 0 aliphatic heterocycles. The topological polar surface area (TPSA) is 38.0 Å². The van der Waals surface area contributed by atoms with Gasteiger partial charge in [0.25, 0.3) is 0 Å². The molecule has 3 heteroatoms. The lowest BCUT2D eigenvalue weighted by molar-refractivity contribution is 0.270. The molecule has 0 amide bonds. The molecule has 2 rings (SSSR count). The minimum absolute atomic E-state index is 0.112. The van der Waals surface area contributed by atoms with Gasteiger partial charge in [-0.2, -0.15) is 5.10 Å². The average Bonchev–Trinajstić information content (AvgIpc) is 2.67. The van der Waals surface area contributed by atoms with Gasteiger partial charge in [-0.25, -0.2) is 0 Å². The fraction of sp³-hybridized carbons (Fsp3) is 0.250. The van der Waals surface area contributed by atoms with Crippen LogP contribution in [-0.2, 0) is 6.54 Å². The summed E-state index contributed by atoms with van der Waals surface area (Å²) in [5.41, 5.74) is 3.45. The van der Waals surface area contributed by atoms with Crippen molar-refractivity contribution in [3.8, 4) is 11.3 Å². The predicted octanol–water partition coefficient (Wildman–Crippen LogP) is 1.85. The monoisotopic (exact) mass is 202 g/mol. The Morgan fingerprint density at radius 2 is 2.07 bits per heavy atom. The summed E-state index contributed by atoms with van der Waals surface area (Å²) in [4.78, 5) is 0. The van der Waals surface area contributed by atoms with Gasteiger partial charge in [-0.3, -0.25) is 4.68 Å². The van der Waals surface area contributed by atoms with Crippen molar-refractivity contribution in [2.24, 2.45) is 0 Å². The van der Waals surface area contributed by atoms with Crippen LogP contribution in [0.25, 0.3) is 11.3 Å². The minimum atomic E-state index is 0.112. The maximum absolute atomic E-state index is 8.92. The number of aromatic nitrogens is 2. The third-order valence-electron chi connectivity index (χ3n) is 2.45. The molecule has 0 atom stereocenters. The van der Waals surface area contributed by atoms with Crippen LogP contribution in [0.5, 0.6) is 0 Å². The third-order valence-corrected chi connectivity index (χ3v) is 2.45. The van der Waals surface area contributed by atoms with Gasteiger partial charge in [0, 0.05) is 11.8 Å². The predicted molar refractivity (Wildman–Crippen MR) is 59.5 cm³/mol. The van der Waals surface area contributed by atoms with E-state index in [1.54, 1.807) is 6.20 Å². The lowest BCUT2D eigenvalue weighted by atomic mass is 10.1. The quantitative estimate of drug-likeness (QED) is 0.824. The molecule has 0 unspecified atom stereocenters. The second-order valence-corrected chi connectivity index (χ2v) is 3.48. The molecule has 0 saturated heterocycles. The summed E-state index contributed by atoms with van der Waals surface area (Å²) in [6, 6.07) is 10.1. The summed E-state index contributed by atoms with van der Waals surface area (Å²) in [6.07, 6.45) is 1.76. The van der Waals surface area contributed by atoms with Gasteiger partial charge in [-0.05, 0) is 18.6 Å². The number of benzene rings is 1. The standard InChI is InChI=1S/C12H14N2O/c1-10-4-2-3-5-11(10)12-6-7-13-14(12)8-9-15/h2-7,15H,8-9H2,1H3. The summed E-state index contributed by atoms with van der Waals surface area (Å²) < 4.78 is 1.82. The van der Waals surface area contributed by atoms with Crippen molar-refractivity contribution in [1.82, 2.24) is 9.78 Å². The molecule has 0 saturated carbocycles. The zero-order valence-electron chi connectivity index (χ0n) is 8.72. The van der Waals surface area contributed by atoms with E-state index in [9.17, 15) is 0 Å². The van der Waals surface area contributed by atoms with Gasteiger partial charge in [0.1, 0.15) is 0 Å². The molecule has 0 aliphatic rings. The Hall–Kier alpha value is -1.61. The lowest BCUT2D eigenvalue weighted by Crippen LogP contribution is -2.05. The Balaban J connectivity index is 2.45. The van der Waals surface area contributed by atoms with E-state index in [2.05, 4.69) is 24.2 Å². The van der Waals surface area contributed by atoms with Crippen LogP contribution >= 0.6 is 0 Å². The normalized spacial score (nSPS) is 10.5. The Morgan fingerprint density at radius 1 is 1.27 bits per heavy atom. The third kappa shape index (κ3) is 1.92. The smallest absolute Gasteiger partial charge is 0.0685 e. The zero-order valence-corrected chi connectivity index (χ0v) is 8.72. The summed E-state index contributed by atoms with van der Waals surface area (Å²) >= 11 is 0. The number of hydrogen-bond donors (Lipinski definition) is 1. The van der Waals surface area contributed by atoms with E-state index in [-0.39, 0.29) is 6.61 Å². The van der Waals surface area contributed by atoms with Crippen molar-refractivity contribution in [3.63, 3.8) is 0 Å². The maximum atomic E-state index is 8.92. The molecule has 0 radical (unpaired) electrons. The van der Waals surface area contributed by atoms with Crippen LogP contribution in [0.1, 0.15) is 5.56 Å². The fourth-order valence-corrected chi connectivity index (χ4v) is 1.69. The maximum Gasteiger partial charge on any atom is 0.0685 e. The first-order chi connectivity index (χ1) is 7.33. The van der Waals surface area contributed by atoms with Crippen molar-refractivity contribution >= 4 is 0 Å². The van der Waals surface area contributed by atoms with E-state index in [1.807, 2.05) is 22.9 Å². The van der Waals surface area contributed by atoms with E-state index in [4.69, 9.17) is 5.11 Å². The van der Waals surface area contributed by atoms with Gasteiger partial charge in [0.05, 0.1) is 18.8 Å². The van der Waals surface area contributed by atoms with Gasteiger partial charge in [0.2, 0.25) is 0 Å². The van der Waals surface area contributed by atoms with Crippen molar-refractivity contribution in [1.29, 1.82) is 0 Å². The van der Waals surface area contributed by atoms with Crippen LogP contribution in [0.15, 0.2) is 36.5 Å². The van der Waals surface area contributed by atoms with Crippen molar-refractivity contribution in [3.05, 3.63) is 42.1 Å². The molecule has 78 valence electrons. The Morgan fingerprint density at radius 3 is 2.80 bits per heavy atom. The fourth-order valence-electron chi connectivity index (χ4n) is 1.69. The first-order valence-electron chi connectivity index (χ1n) is 5.01. The van der Waals surface area contributed by atoms with Crippen LogP contribution in [0, 0.1) is 6.92 Å². The van der Waals surface area contributed by atoms with E-state index >= 15 is 0 Å². The van der Waals surface area contributed by atoms with E-state index in [1.165, 1.54) is 11.1 Å². The molecular formula is C12H14N2O. The molecule has 2 aromatic rings. The van der Waals surface area contributed by atoms with Gasteiger partial charge >= 0.3 is 0 Å². The number of aryl methyl sites for hydroxylation is 1. The van der Waals surface area contributed by atoms with Gasteiger partial charge in [0.15, 0.2) is 0 Å². The van der Waals surface area contributed by atoms with Crippen molar-refractivity contribution < 1.29 is 5.11 Å². The Bertz CT molecular complexity index is 448. The average molecular weight is 202 g/mol. The highest BCUT2D eigenvalue weighted by Crippen LogP contribution is 2.22. The first-order valence-corrected chi connectivity index (χ1v) is 5.01.